The third-order valence-electron chi connectivity index (χ3n) is 2.94. The van der Waals surface area contributed by atoms with Gasteiger partial charge in [0.15, 0.2) is 8.68 Å². The lowest BCUT2D eigenvalue weighted by Gasteiger charge is -2.10. The zero-order valence-electron chi connectivity index (χ0n) is 10.9. The molecule has 1 aromatic carbocycles. The molecule has 1 N–H and O–H groups in total. The standard InChI is InChI=1S/C13H10ClN3O2S2/c1-8-4-5-10(9-3-2-6-15-12(8)9)17-21(18,19)11-7-16-13(14)20-11/h2-7,17H,1H3. The number of sulfonamides is 1. The lowest BCUT2D eigenvalue weighted by atomic mass is 10.1. The molecule has 0 unspecified atom stereocenters. The Morgan fingerprint density at radius 3 is 2.76 bits per heavy atom. The van der Waals surface area contributed by atoms with E-state index in [0.29, 0.717) is 5.69 Å². The van der Waals surface area contributed by atoms with E-state index < -0.39 is 10.0 Å². The lowest BCUT2D eigenvalue weighted by Crippen LogP contribution is -2.12. The first-order valence-corrected chi connectivity index (χ1v) is 8.63. The summed E-state index contributed by atoms with van der Waals surface area (Å²) in [6.07, 6.45) is 2.92. The van der Waals surface area contributed by atoms with Gasteiger partial charge in [-0.05, 0) is 30.7 Å². The molecule has 3 rings (SSSR count). The van der Waals surface area contributed by atoms with Crippen LogP contribution in [0.3, 0.4) is 0 Å². The second-order valence-electron chi connectivity index (χ2n) is 4.37. The molecule has 0 saturated heterocycles. The SMILES string of the molecule is Cc1ccc(NS(=O)(=O)c2cnc(Cl)s2)c2cccnc12. The summed E-state index contributed by atoms with van der Waals surface area (Å²) in [5, 5.41) is 0.747. The van der Waals surface area contributed by atoms with Crippen LogP contribution in [0.5, 0.6) is 0 Å². The van der Waals surface area contributed by atoms with Crippen molar-refractivity contribution in [2.45, 2.75) is 11.1 Å². The number of rotatable bonds is 3. The average Bonchev–Trinajstić information content (AvgIpc) is 2.90. The number of nitrogens with zero attached hydrogens (tertiary/aromatic N) is 2. The Balaban J connectivity index is 2.08. The number of anilines is 1. The van der Waals surface area contributed by atoms with Crippen LogP contribution >= 0.6 is 22.9 Å². The van der Waals surface area contributed by atoms with Crippen molar-refractivity contribution in [1.29, 1.82) is 0 Å². The van der Waals surface area contributed by atoms with Gasteiger partial charge in [0.25, 0.3) is 10.0 Å². The molecule has 3 aromatic rings. The Hall–Kier alpha value is -1.70. The molecule has 2 heterocycles. The highest BCUT2D eigenvalue weighted by atomic mass is 35.5. The normalized spacial score (nSPS) is 11.7. The summed E-state index contributed by atoms with van der Waals surface area (Å²) in [6.45, 7) is 1.93. The molecular weight excluding hydrogens is 330 g/mol. The quantitative estimate of drug-likeness (QED) is 0.793. The molecule has 0 atom stereocenters. The van der Waals surface area contributed by atoms with Crippen LogP contribution in [0.1, 0.15) is 5.56 Å². The summed E-state index contributed by atoms with van der Waals surface area (Å²) < 4.78 is 27.5. The third kappa shape index (κ3) is 2.72. The van der Waals surface area contributed by atoms with Gasteiger partial charge < -0.3 is 0 Å². The van der Waals surface area contributed by atoms with E-state index in [4.69, 9.17) is 11.6 Å². The minimum atomic E-state index is -3.70. The number of aryl methyl sites for hydroxylation is 1. The molecule has 5 nitrogen and oxygen atoms in total. The summed E-state index contributed by atoms with van der Waals surface area (Å²) in [5.41, 5.74) is 2.22. The maximum atomic E-state index is 12.3. The van der Waals surface area contributed by atoms with Crippen molar-refractivity contribution in [3.8, 4) is 0 Å². The van der Waals surface area contributed by atoms with Gasteiger partial charge in [-0.1, -0.05) is 29.0 Å². The first kappa shape index (κ1) is 14.2. The predicted molar refractivity (Wildman–Crippen MR) is 84.4 cm³/mol. The Kier molecular flexibility index (Phi) is 3.56. The maximum absolute atomic E-state index is 12.3. The third-order valence-corrected chi connectivity index (χ3v) is 5.88. The van der Waals surface area contributed by atoms with E-state index in [2.05, 4.69) is 14.7 Å². The highest BCUT2D eigenvalue weighted by molar-refractivity contribution is 7.94. The molecule has 0 saturated carbocycles. The molecule has 2 aromatic heterocycles. The molecule has 0 amide bonds. The topological polar surface area (TPSA) is 72.0 Å². The first-order valence-electron chi connectivity index (χ1n) is 5.96. The smallest absolute Gasteiger partial charge is 0.273 e. The van der Waals surface area contributed by atoms with Crippen LogP contribution in [0.2, 0.25) is 4.47 Å². The fourth-order valence-corrected chi connectivity index (χ4v) is 4.33. The minimum Gasteiger partial charge on any atom is -0.278 e. The number of fused-ring (bicyclic) bond motifs is 1. The highest BCUT2D eigenvalue weighted by Gasteiger charge is 2.19. The zero-order valence-corrected chi connectivity index (χ0v) is 13.3. The van der Waals surface area contributed by atoms with Gasteiger partial charge in [-0.2, -0.15) is 0 Å². The summed E-state index contributed by atoms with van der Waals surface area (Å²) in [7, 11) is -3.70. The number of benzene rings is 1. The predicted octanol–water partition coefficient (Wildman–Crippen LogP) is 3.45. The van der Waals surface area contributed by atoms with Crippen molar-refractivity contribution in [3.05, 3.63) is 46.7 Å². The molecule has 21 heavy (non-hydrogen) atoms. The second kappa shape index (κ2) is 5.25. The number of hydrogen-bond acceptors (Lipinski definition) is 5. The summed E-state index contributed by atoms with van der Waals surface area (Å²) in [4.78, 5) is 8.04. The molecule has 0 aliphatic carbocycles. The Bertz CT molecular complexity index is 922. The van der Waals surface area contributed by atoms with Crippen molar-refractivity contribution in [3.63, 3.8) is 0 Å². The van der Waals surface area contributed by atoms with Gasteiger partial charge in [-0.15, -0.1) is 0 Å². The summed E-state index contributed by atoms with van der Waals surface area (Å²) in [6, 6.07) is 7.14. The molecule has 0 fully saturated rings. The molecule has 0 bridgehead atoms. The van der Waals surface area contributed by atoms with Crippen LogP contribution in [0.4, 0.5) is 5.69 Å². The number of halogens is 1. The number of nitrogens with one attached hydrogen (secondary N) is 1. The number of thiazole rings is 1. The van der Waals surface area contributed by atoms with Crippen molar-refractivity contribution < 1.29 is 8.42 Å². The van der Waals surface area contributed by atoms with Gasteiger partial charge in [-0.3, -0.25) is 9.71 Å². The van der Waals surface area contributed by atoms with Gasteiger partial charge in [0.05, 0.1) is 17.4 Å². The molecule has 0 radical (unpaired) electrons. The molecule has 108 valence electrons. The van der Waals surface area contributed by atoms with Gasteiger partial charge in [-0.25, -0.2) is 13.4 Å². The maximum Gasteiger partial charge on any atom is 0.273 e. The van der Waals surface area contributed by atoms with Crippen LogP contribution < -0.4 is 4.72 Å². The Labute approximate surface area is 130 Å². The Morgan fingerprint density at radius 1 is 1.24 bits per heavy atom. The van der Waals surface area contributed by atoms with E-state index in [-0.39, 0.29) is 8.68 Å². The fourth-order valence-electron chi connectivity index (χ4n) is 1.96. The van der Waals surface area contributed by atoms with Crippen LogP contribution in [-0.4, -0.2) is 18.4 Å². The van der Waals surface area contributed by atoms with E-state index in [1.54, 1.807) is 18.3 Å². The van der Waals surface area contributed by atoms with Gasteiger partial charge in [0.1, 0.15) is 0 Å². The molecular formula is C13H10ClN3O2S2. The number of aromatic nitrogens is 2. The highest BCUT2D eigenvalue weighted by Crippen LogP contribution is 2.29. The largest absolute Gasteiger partial charge is 0.278 e. The van der Waals surface area contributed by atoms with Crippen molar-refractivity contribution in [1.82, 2.24) is 9.97 Å². The van der Waals surface area contributed by atoms with Crippen LogP contribution in [0, 0.1) is 6.92 Å². The summed E-state index contributed by atoms with van der Waals surface area (Å²) >= 11 is 6.60. The second-order valence-corrected chi connectivity index (χ2v) is 7.89. The minimum absolute atomic E-state index is 0.0742. The molecule has 8 heteroatoms. The van der Waals surface area contributed by atoms with E-state index in [1.807, 2.05) is 19.1 Å². The summed E-state index contributed by atoms with van der Waals surface area (Å²) in [5.74, 6) is 0. The first-order chi connectivity index (χ1) is 9.97. The van der Waals surface area contributed by atoms with Gasteiger partial charge in [0, 0.05) is 11.6 Å². The van der Waals surface area contributed by atoms with Crippen molar-refractivity contribution in [2.24, 2.45) is 0 Å². The molecule has 0 spiro atoms. The zero-order chi connectivity index (χ0) is 15.0. The lowest BCUT2D eigenvalue weighted by molar-refractivity contribution is 0.603. The molecule has 0 aliphatic heterocycles. The van der Waals surface area contributed by atoms with Crippen molar-refractivity contribution >= 4 is 49.6 Å². The average molecular weight is 340 g/mol. The van der Waals surface area contributed by atoms with E-state index >= 15 is 0 Å². The monoisotopic (exact) mass is 339 g/mol. The van der Waals surface area contributed by atoms with Gasteiger partial charge >= 0.3 is 0 Å². The van der Waals surface area contributed by atoms with Crippen LogP contribution in [0.25, 0.3) is 10.9 Å². The van der Waals surface area contributed by atoms with Crippen molar-refractivity contribution in [2.75, 3.05) is 4.72 Å². The van der Waals surface area contributed by atoms with Gasteiger partial charge in [0.2, 0.25) is 0 Å². The number of pyridine rings is 1. The fraction of sp³-hybridized carbons (Fsp3) is 0.0769. The van der Waals surface area contributed by atoms with E-state index in [9.17, 15) is 8.42 Å². The van der Waals surface area contributed by atoms with Crippen LogP contribution in [0.15, 0.2) is 40.9 Å². The Morgan fingerprint density at radius 2 is 2.05 bits per heavy atom. The molecule has 0 aliphatic rings. The number of hydrogen-bond donors (Lipinski definition) is 1. The van der Waals surface area contributed by atoms with E-state index in [0.717, 1.165) is 27.8 Å². The van der Waals surface area contributed by atoms with Crippen LogP contribution in [-0.2, 0) is 10.0 Å². The van der Waals surface area contributed by atoms with E-state index in [1.165, 1.54) is 6.20 Å².